The predicted octanol–water partition coefficient (Wildman–Crippen LogP) is 1.35. The van der Waals surface area contributed by atoms with Crippen LogP contribution in [-0.4, -0.2) is 26.6 Å². The second-order valence-electron chi connectivity index (χ2n) is 4.23. The van der Waals surface area contributed by atoms with Gasteiger partial charge in [-0.05, 0) is 36.2 Å². The fourth-order valence-electron chi connectivity index (χ4n) is 1.85. The Morgan fingerprint density at radius 3 is 2.94 bits per heavy atom. The fourth-order valence-corrected chi connectivity index (χ4v) is 2.39. The molecule has 6 nitrogen and oxygen atoms in total. The number of rotatable bonds is 3. The zero-order valence-electron chi connectivity index (χ0n) is 9.16. The third kappa shape index (κ3) is 1.92. The van der Waals surface area contributed by atoms with Crippen molar-refractivity contribution in [3.05, 3.63) is 18.2 Å². The molecule has 0 bridgehead atoms. The van der Waals surface area contributed by atoms with E-state index in [4.69, 9.17) is 5.11 Å². The van der Waals surface area contributed by atoms with Gasteiger partial charge in [0.15, 0.2) is 0 Å². The largest absolute Gasteiger partial charge is 0.481 e. The molecule has 1 aliphatic carbocycles. The molecule has 1 aromatic heterocycles. The summed E-state index contributed by atoms with van der Waals surface area (Å²) in [4.78, 5) is 22.4. The molecule has 92 valence electrons. The lowest BCUT2D eigenvalue weighted by Crippen LogP contribution is -2.16. The topological polar surface area (TPSA) is 92.2 Å². The molecule has 0 spiro atoms. The molecule has 18 heavy (non-hydrogen) atoms. The lowest BCUT2D eigenvalue weighted by Gasteiger charge is -2.03. The number of amides is 1. The highest BCUT2D eigenvalue weighted by atomic mass is 32.1. The number of anilines is 1. The van der Waals surface area contributed by atoms with Crippen molar-refractivity contribution in [2.24, 2.45) is 11.8 Å². The summed E-state index contributed by atoms with van der Waals surface area (Å²) in [5.41, 5.74) is 1.35. The Morgan fingerprint density at radius 1 is 1.39 bits per heavy atom. The van der Waals surface area contributed by atoms with E-state index in [1.54, 1.807) is 12.1 Å². The van der Waals surface area contributed by atoms with Crippen molar-refractivity contribution >= 4 is 39.3 Å². The summed E-state index contributed by atoms with van der Waals surface area (Å²) in [6, 6.07) is 5.32. The van der Waals surface area contributed by atoms with Crippen molar-refractivity contribution < 1.29 is 14.7 Å². The first-order valence-corrected chi connectivity index (χ1v) is 6.18. The zero-order valence-corrected chi connectivity index (χ0v) is 9.98. The van der Waals surface area contributed by atoms with Crippen LogP contribution in [0.25, 0.3) is 10.2 Å². The van der Waals surface area contributed by atoms with Crippen LogP contribution in [0.1, 0.15) is 6.42 Å². The van der Waals surface area contributed by atoms with Crippen LogP contribution in [-0.2, 0) is 9.59 Å². The van der Waals surface area contributed by atoms with E-state index in [0.717, 1.165) is 10.2 Å². The van der Waals surface area contributed by atoms with E-state index in [9.17, 15) is 9.59 Å². The van der Waals surface area contributed by atoms with Crippen LogP contribution in [0.2, 0.25) is 0 Å². The molecule has 1 saturated carbocycles. The molecular weight excluding hydrogens is 254 g/mol. The summed E-state index contributed by atoms with van der Waals surface area (Å²) in [6.07, 6.45) is 0.418. The van der Waals surface area contributed by atoms with Gasteiger partial charge >= 0.3 is 5.97 Å². The SMILES string of the molecule is O=C(O)[C@H]1C[C@@H]1C(=O)Nc1ccc2snnc2c1. The number of carbonyl (C=O) groups excluding carboxylic acids is 1. The summed E-state index contributed by atoms with van der Waals surface area (Å²) >= 11 is 1.29. The Morgan fingerprint density at radius 2 is 2.22 bits per heavy atom. The molecule has 2 atom stereocenters. The maximum atomic E-state index is 11.8. The van der Waals surface area contributed by atoms with E-state index in [1.165, 1.54) is 11.5 Å². The van der Waals surface area contributed by atoms with Gasteiger partial charge in [-0.15, -0.1) is 5.10 Å². The van der Waals surface area contributed by atoms with Crippen molar-refractivity contribution in [1.29, 1.82) is 0 Å². The standard InChI is InChI=1S/C11H9N3O3S/c15-10(6-4-7(6)11(16)17)12-5-1-2-9-8(3-5)13-14-18-9/h1-3,6-7H,4H2,(H,12,15)(H,16,17)/t6-,7-/m0/s1. The number of carboxylic acid groups (broad SMARTS) is 1. The number of hydrogen-bond donors (Lipinski definition) is 2. The second kappa shape index (κ2) is 4.02. The minimum Gasteiger partial charge on any atom is -0.481 e. The van der Waals surface area contributed by atoms with Crippen LogP contribution in [0.15, 0.2) is 18.2 Å². The molecule has 1 aromatic carbocycles. The molecule has 1 amide bonds. The van der Waals surface area contributed by atoms with Gasteiger partial charge in [-0.1, -0.05) is 4.49 Å². The molecule has 7 heteroatoms. The van der Waals surface area contributed by atoms with E-state index in [1.807, 2.05) is 6.07 Å². The molecule has 0 radical (unpaired) electrons. The highest BCUT2D eigenvalue weighted by Crippen LogP contribution is 2.39. The molecule has 1 heterocycles. The highest BCUT2D eigenvalue weighted by Gasteiger charge is 2.48. The summed E-state index contributed by atoms with van der Waals surface area (Å²) in [5.74, 6) is -2.10. The Balaban J connectivity index is 1.72. The van der Waals surface area contributed by atoms with Gasteiger partial charge in [0.25, 0.3) is 0 Å². The highest BCUT2D eigenvalue weighted by molar-refractivity contribution is 7.12. The zero-order chi connectivity index (χ0) is 12.7. The lowest BCUT2D eigenvalue weighted by molar-refractivity contribution is -0.139. The van der Waals surface area contributed by atoms with Gasteiger partial charge in [0.1, 0.15) is 5.52 Å². The van der Waals surface area contributed by atoms with E-state index >= 15 is 0 Å². The molecule has 1 aliphatic rings. The maximum absolute atomic E-state index is 11.8. The van der Waals surface area contributed by atoms with Gasteiger partial charge in [0.05, 0.1) is 16.5 Å². The molecule has 0 saturated heterocycles. The normalized spacial score (nSPS) is 21.8. The Labute approximate surface area is 106 Å². The van der Waals surface area contributed by atoms with Crippen LogP contribution in [0.5, 0.6) is 0 Å². The van der Waals surface area contributed by atoms with Crippen molar-refractivity contribution in [3.8, 4) is 0 Å². The molecule has 2 aromatic rings. The van der Waals surface area contributed by atoms with Crippen molar-refractivity contribution in [1.82, 2.24) is 9.59 Å². The van der Waals surface area contributed by atoms with Crippen molar-refractivity contribution in [2.45, 2.75) is 6.42 Å². The summed E-state index contributed by atoms with van der Waals surface area (Å²) in [7, 11) is 0. The quantitative estimate of drug-likeness (QED) is 0.872. The van der Waals surface area contributed by atoms with E-state index in [2.05, 4.69) is 14.9 Å². The average molecular weight is 263 g/mol. The van der Waals surface area contributed by atoms with E-state index < -0.39 is 17.8 Å². The minimum atomic E-state index is -0.908. The van der Waals surface area contributed by atoms with Crippen LogP contribution in [0, 0.1) is 11.8 Å². The van der Waals surface area contributed by atoms with Gasteiger partial charge in [0, 0.05) is 5.69 Å². The van der Waals surface area contributed by atoms with Crippen LogP contribution >= 0.6 is 11.5 Å². The Kier molecular flexibility index (Phi) is 2.48. The maximum Gasteiger partial charge on any atom is 0.307 e. The fraction of sp³-hybridized carbons (Fsp3) is 0.273. The first-order valence-electron chi connectivity index (χ1n) is 5.41. The first-order chi connectivity index (χ1) is 8.65. The minimum absolute atomic E-state index is 0.245. The number of carbonyl (C=O) groups is 2. The van der Waals surface area contributed by atoms with Gasteiger partial charge in [-0.25, -0.2) is 0 Å². The molecule has 1 fully saturated rings. The number of hydrogen-bond acceptors (Lipinski definition) is 5. The number of benzene rings is 1. The first kappa shape index (κ1) is 11.1. The summed E-state index contributed by atoms with van der Waals surface area (Å²) in [6.45, 7) is 0. The number of nitrogens with zero attached hydrogens (tertiary/aromatic N) is 2. The predicted molar refractivity (Wildman–Crippen MR) is 65.3 cm³/mol. The monoisotopic (exact) mass is 263 g/mol. The number of fused-ring (bicyclic) bond motifs is 1. The van der Waals surface area contributed by atoms with E-state index in [-0.39, 0.29) is 5.91 Å². The number of carboxylic acids is 1. The third-order valence-corrected chi connectivity index (χ3v) is 3.66. The molecule has 0 aliphatic heterocycles. The van der Waals surface area contributed by atoms with Gasteiger partial charge < -0.3 is 10.4 Å². The summed E-state index contributed by atoms with van der Waals surface area (Å²) < 4.78 is 4.75. The van der Waals surface area contributed by atoms with Crippen LogP contribution < -0.4 is 5.32 Å². The van der Waals surface area contributed by atoms with Crippen LogP contribution in [0.3, 0.4) is 0 Å². The number of aliphatic carboxylic acids is 1. The van der Waals surface area contributed by atoms with Gasteiger partial charge in [0.2, 0.25) is 5.91 Å². The summed E-state index contributed by atoms with van der Waals surface area (Å²) in [5, 5.41) is 15.4. The molecule has 2 N–H and O–H groups in total. The van der Waals surface area contributed by atoms with E-state index in [0.29, 0.717) is 12.1 Å². The second-order valence-corrected chi connectivity index (χ2v) is 5.02. The van der Waals surface area contributed by atoms with Crippen molar-refractivity contribution in [3.63, 3.8) is 0 Å². The average Bonchev–Trinajstić information content (AvgIpc) is 3.02. The number of aromatic nitrogens is 2. The third-order valence-electron chi connectivity index (χ3n) is 2.96. The Bertz CT molecular complexity index is 639. The van der Waals surface area contributed by atoms with Gasteiger partial charge in [-0.2, -0.15) is 0 Å². The molecule has 3 rings (SSSR count). The van der Waals surface area contributed by atoms with Gasteiger partial charge in [-0.3, -0.25) is 9.59 Å². The Hall–Kier alpha value is -2.02. The number of nitrogens with one attached hydrogen (secondary N) is 1. The lowest BCUT2D eigenvalue weighted by atomic mass is 10.2. The molecular formula is C11H9N3O3S. The smallest absolute Gasteiger partial charge is 0.307 e. The van der Waals surface area contributed by atoms with Crippen LogP contribution in [0.4, 0.5) is 5.69 Å². The van der Waals surface area contributed by atoms with Crippen molar-refractivity contribution in [2.75, 3.05) is 5.32 Å². The molecule has 0 unspecified atom stereocenters.